The van der Waals surface area contributed by atoms with Gasteiger partial charge >= 0.3 is 0 Å². The largest absolute Gasteiger partial charge is 0.505 e. The second kappa shape index (κ2) is 5.40. The molecule has 0 spiro atoms. The number of anilines is 1. The van der Waals surface area contributed by atoms with Crippen molar-refractivity contribution < 1.29 is 23.0 Å². The summed E-state index contributed by atoms with van der Waals surface area (Å²) < 4.78 is 30.7. The first-order valence-corrected chi connectivity index (χ1v) is 7.32. The molecule has 0 amide bonds. The fourth-order valence-corrected chi connectivity index (χ4v) is 2.71. The van der Waals surface area contributed by atoms with E-state index in [0.717, 1.165) is 18.2 Å². The van der Waals surface area contributed by atoms with Crippen molar-refractivity contribution in [1.29, 1.82) is 0 Å². The number of benzene rings is 1. The minimum atomic E-state index is -3.83. The molecule has 2 N–H and O–H groups in total. The van der Waals surface area contributed by atoms with Gasteiger partial charge in [0, 0.05) is 12.1 Å². The van der Waals surface area contributed by atoms with Crippen molar-refractivity contribution in [1.82, 2.24) is 5.16 Å². The predicted molar refractivity (Wildman–Crippen MR) is 72.2 cm³/mol. The molecule has 0 aliphatic heterocycles. The quantitative estimate of drug-likeness (QED) is 0.485. The first-order chi connectivity index (χ1) is 9.77. The molecule has 0 bridgehead atoms. The van der Waals surface area contributed by atoms with Gasteiger partial charge in [0.15, 0.2) is 0 Å². The van der Waals surface area contributed by atoms with Gasteiger partial charge < -0.3 is 9.63 Å². The van der Waals surface area contributed by atoms with Crippen molar-refractivity contribution in [2.45, 2.75) is 12.7 Å². The van der Waals surface area contributed by atoms with Crippen LogP contribution in [-0.4, -0.2) is 23.6 Å². The van der Waals surface area contributed by atoms with Crippen LogP contribution in [-0.2, 0) is 15.8 Å². The molecule has 0 fully saturated rings. The lowest BCUT2D eigenvalue weighted by molar-refractivity contribution is -0.384. The van der Waals surface area contributed by atoms with Gasteiger partial charge in [-0.3, -0.25) is 14.8 Å². The van der Waals surface area contributed by atoms with Gasteiger partial charge in [-0.05, 0) is 13.0 Å². The second-order valence-corrected chi connectivity index (χ2v) is 5.97. The van der Waals surface area contributed by atoms with Gasteiger partial charge in [0.25, 0.3) is 5.69 Å². The van der Waals surface area contributed by atoms with Crippen LogP contribution >= 0.6 is 0 Å². The molecule has 0 radical (unpaired) electrons. The van der Waals surface area contributed by atoms with E-state index in [2.05, 4.69) is 9.88 Å². The van der Waals surface area contributed by atoms with Gasteiger partial charge in [-0.25, -0.2) is 8.42 Å². The minimum absolute atomic E-state index is 0.152. The Labute approximate surface area is 119 Å². The van der Waals surface area contributed by atoms with Crippen LogP contribution in [0.1, 0.15) is 11.5 Å². The molecule has 9 nitrogen and oxygen atoms in total. The van der Waals surface area contributed by atoms with Crippen LogP contribution in [0.3, 0.4) is 0 Å². The van der Waals surface area contributed by atoms with Crippen molar-refractivity contribution in [3.8, 4) is 5.75 Å². The molecule has 0 aliphatic rings. The van der Waals surface area contributed by atoms with Crippen LogP contribution in [0.2, 0.25) is 0 Å². The molecule has 10 heteroatoms. The summed E-state index contributed by atoms with van der Waals surface area (Å²) in [5.41, 5.74) is -0.287. The van der Waals surface area contributed by atoms with E-state index in [1.165, 1.54) is 6.07 Å². The zero-order valence-corrected chi connectivity index (χ0v) is 11.6. The van der Waals surface area contributed by atoms with Crippen LogP contribution in [0.25, 0.3) is 0 Å². The van der Waals surface area contributed by atoms with Crippen LogP contribution in [0.5, 0.6) is 5.75 Å². The highest BCUT2D eigenvalue weighted by Crippen LogP contribution is 2.29. The molecule has 1 aromatic carbocycles. The van der Waals surface area contributed by atoms with Crippen LogP contribution in [0.4, 0.5) is 11.4 Å². The van der Waals surface area contributed by atoms with Crippen LogP contribution < -0.4 is 4.72 Å². The Hall–Kier alpha value is -2.62. The Morgan fingerprint density at radius 3 is 2.67 bits per heavy atom. The number of non-ortho nitro benzene ring substituents is 1. The number of rotatable bonds is 5. The number of aryl methyl sites for hydroxylation is 1. The summed E-state index contributed by atoms with van der Waals surface area (Å²) in [4.78, 5) is 9.83. The SMILES string of the molecule is Cc1cc(CS(=O)(=O)Nc2ccc([N+](=O)[O-])cc2O)no1. The summed E-state index contributed by atoms with van der Waals surface area (Å²) in [7, 11) is -3.83. The minimum Gasteiger partial charge on any atom is -0.505 e. The molecular formula is C11H11N3O6S. The van der Waals surface area contributed by atoms with Crippen LogP contribution in [0.15, 0.2) is 28.8 Å². The Bertz CT molecular complexity index is 783. The topological polar surface area (TPSA) is 136 Å². The molecule has 112 valence electrons. The summed E-state index contributed by atoms with van der Waals surface area (Å²) in [5, 5.41) is 23.7. The standard InChI is InChI=1S/C11H11N3O6S/c1-7-4-8(12-20-7)6-21(18,19)13-10-3-2-9(14(16)17)5-11(10)15/h2-5,13,15H,6H2,1H3. The number of aromatic hydroxyl groups is 1. The number of nitrogens with zero attached hydrogens (tertiary/aromatic N) is 2. The first-order valence-electron chi connectivity index (χ1n) is 5.67. The fraction of sp³-hybridized carbons (Fsp3) is 0.182. The number of nitro groups is 1. The van der Waals surface area contributed by atoms with Gasteiger partial charge in [-0.2, -0.15) is 0 Å². The lowest BCUT2D eigenvalue weighted by Crippen LogP contribution is -2.15. The molecule has 0 atom stereocenters. The average Bonchev–Trinajstić information content (AvgIpc) is 2.76. The van der Waals surface area contributed by atoms with Crippen LogP contribution in [0, 0.1) is 17.0 Å². The van der Waals surface area contributed by atoms with Crippen molar-refractivity contribution >= 4 is 21.4 Å². The Balaban J connectivity index is 2.18. The van der Waals surface area contributed by atoms with E-state index in [1.807, 2.05) is 0 Å². The fourth-order valence-electron chi connectivity index (χ4n) is 1.60. The van der Waals surface area contributed by atoms with E-state index in [4.69, 9.17) is 4.52 Å². The third kappa shape index (κ3) is 3.69. The highest BCUT2D eigenvalue weighted by molar-refractivity contribution is 7.91. The number of phenolic OH excluding ortho intramolecular Hbond substituents is 1. The normalized spacial score (nSPS) is 11.3. The molecule has 21 heavy (non-hydrogen) atoms. The zero-order chi connectivity index (χ0) is 15.6. The molecule has 0 unspecified atom stereocenters. The summed E-state index contributed by atoms with van der Waals surface area (Å²) in [6.45, 7) is 1.62. The Morgan fingerprint density at radius 1 is 1.43 bits per heavy atom. The number of nitrogens with one attached hydrogen (secondary N) is 1. The summed E-state index contributed by atoms with van der Waals surface area (Å²) in [6.07, 6.45) is 0. The molecular weight excluding hydrogens is 302 g/mol. The van der Waals surface area contributed by atoms with Gasteiger partial charge in [-0.1, -0.05) is 5.16 Å². The highest BCUT2D eigenvalue weighted by Gasteiger charge is 2.18. The number of aromatic nitrogens is 1. The third-order valence-electron chi connectivity index (χ3n) is 2.47. The van der Waals surface area contributed by atoms with E-state index < -0.39 is 26.4 Å². The number of phenols is 1. The highest BCUT2D eigenvalue weighted by atomic mass is 32.2. The number of hydrogen-bond donors (Lipinski definition) is 2. The summed E-state index contributed by atoms with van der Waals surface area (Å²) >= 11 is 0. The van der Waals surface area contributed by atoms with E-state index >= 15 is 0 Å². The maximum absolute atomic E-state index is 11.9. The van der Waals surface area contributed by atoms with Crippen molar-refractivity contribution in [2.24, 2.45) is 0 Å². The Morgan fingerprint density at radius 2 is 2.14 bits per heavy atom. The van der Waals surface area contributed by atoms with Crippen molar-refractivity contribution in [2.75, 3.05) is 4.72 Å². The molecule has 0 saturated heterocycles. The molecule has 2 aromatic rings. The smallest absolute Gasteiger partial charge is 0.273 e. The van der Waals surface area contributed by atoms with E-state index in [1.54, 1.807) is 6.92 Å². The van der Waals surface area contributed by atoms with Gasteiger partial charge in [0.05, 0.1) is 16.7 Å². The lowest BCUT2D eigenvalue weighted by Gasteiger charge is -2.08. The van der Waals surface area contributed by atoms with Gasteiger partial charge in [0.2, 0.25) is 10.0 Å². The Kier molecular flexibility index (Phi) is 3.80. The average molecular weight is 313 g/mol. The number of nitro benzene ring substituents is 1. The lowest BCUT2D eigenvalue weighted by atomic mass is 10.3. The zero-order valence-electron chi connectivity index (χ0n) is 10.8. The van der Waals surface area contributed by atoms with Gasteiger partial charge in [-0.15, -0.1) is 0 Å². The maximum atomic E-state index is 11.9. The first kappa shape index (κ1) is 14.8. The molecule has 0 aliphatic carbocycles. The maximum Gasteiger partial charge on any atom is 0.273 e. The number of sulfonamides is 1. The molecule has 1 aromatic heterocycles. The monoisotopic (exact) mass is 313 g/mol. The molecule has 1 heterocycles. The third-order valence-corrected chi connectivity index (χ3v) is 3.68. The summed E-state index contributed by atoms with van der Waals surface area (Å²) in [6, 6.07) is 4.52. The molecule has 0 saturated carbocycles. The van der Waals surface area contributed by atoms with E-state index in [0.29, 0.717) is 5.76 Å². The van der Waals surface area contributed by atoms with Gasteiger partial charge in [0.1, 0.15) is 23.0 Å². The summed E-state index contributed by atoms with van der Waals surface area (Å²) in [5.74, 6) is -0.511. The van der Waals surface area contributed by atoms with E-state index in [-0.39, 0.29) is 17.1 Å². The van der Waals surface area contributed by atoms with E-state index in [9.17, 15) is 23.6 Å². The van der Waals surface area contributed by atoms with Crippen molar-refractivity contribution in [3.05, 3.63) is 45.8 Å². The van der Waals surface area contributed by atoms with Crippen molar-refractivity contribution in [3.63, 3.8) is 0 Å². The molecule has 2 rings (SSSR count). The second-order valence-electron chi connectivity index (χ2n) is 4.25. The predicted octanol–water partition coefficient (Wildman–Crippen LogP) is 1.54. The number of hydrogen-bond acceptors (Lipinski definition) is 7.